The molecule has 0 heterocycles. The van der Waals surface area contributed by atoms with Crippen molar-refractivity contribution in [2.45, 2.75) is 12.8 Å². The number of methoxy groups -OCH3 is 4. The fourth-order valence-corrected chi connectivity index (χ4v) is 2.83. The Kier molecular flexibility index (Phi) is 7.76. The lowest BCUT2D eigenvalue weighted by Gasteiger charge is -2.15. The summed E-state index contributed by atoms with van der Waals surface area (Å²) in [4.78, 5) is 11.3. The van der Waals surface area contributed by atoms with Crippen LogP contribution < -0.4 is 29.7 Å². The minimum atomic E-state index is -0.537. The molecule has 0 aliphatic heterocycles. The highest BCUT2D eigenvalue weighted by Crippen LogP contribution is 2.38. The van der Waals surface area contributed by atoms with Gasteiger partial charge < -0.3 is 24.3 Å². The van der Waals surface area contributed by atoms with Crippen molar-refractivity contribution in [3.8, 4) is 23.0 Å². The largest absolute Gasteiger partial charge is 0.495 e. The molecule has 0 aliphatic rings. The van der Waals surface area contributed by atoms with Crippen LogP contribution in [0, 0.1) is 0 Å². The van der Waals surface area contributed by atoms with Gasteiger partial charge in [-0.05, 0) is 48.2 Å². The standard InChI is InChI=1S/C20H26N2O6/c1-25-16-8-7-13(9-15(16)21-12-19(23)22-24)5-6-14-10-17(26-2)20(28-4)18(11-14)27-3/h7-11,21,24H,5-6,12H2,1-4H3,(H,22,23). The Morgan fingerprint density at radius 2 is 1.46 bits per heavy atom. The monoisotopic (exact) mass is 390 g/mol. The highest BCUT2D eigenvalue weighted by Gasteiger charge is 2.13. The summed E-state index contributed by atoms with van der Waals surface area (Å²) in [5, 5.41) is 11.6. The maximum absolute atomic E-state index is 11.3. The first kappa shape index (κ1) is 21.2. The van der Waals surface area contributed by atoms with Crippen molar-refractivity contribution in [3.63, 3.8) is 0 Å². The number of carbonyl (C=O) groups is 1. The average Bonchev–Trinajstić information content (AvgIpc) is 2.74. The Morgan fingerprint density at radius 3 is 2.00 bits per heavy atom. The molecular formula is C20H26N2O6. The summed E-state index contributed by atoms with van der Waals surface area (Å²) in [6.45, 7) is -0.0663. The molecule has 0 fully saturated rings. The molecule has 0 aliphatic carbocycles. The van der Waals surface area contributed by atoms with E-state index < -0.39 is 5.91 Å². The summed E-state index contributed by atoms with van der Waals surface area (Å²) in [5.41, 5.74) is 4.36. The molecule has 2 rings (SSSR count). The van der Waals surface area contributed by atoms with E-state index in [-0.39, 0.29) is 6.54 Å². The number of nitrogens with one attached hydrogen (secondary N) is 2. The van der Waals surface area contributed by atoms with Crippen LogP contribution in [0.5, 0.6) is 23.0 Å². The SMILES string of the molecule is COc1ccc(CCc2cc(OC)c(OC)c(OC)c2)cc1NCC(=O)NO. The summed E-state index contributed by atoms with van der Waals surface area (Å²) in [6.07, 6.45) is 1.50. The molecule has 0 radical (unpaired) electrons. The summed E-state index contributed by atoms with van der Waals surface area (Å²) in [7, 11) is 6.31. The van der Waals surface area contributed by atoms with Gasteiger partial charge >= 0.3 is 0 Å². The molecule has 1 amide bonds. The molecule has 2 aromatic rings. The van der Waals surface area contributed by atoms with Gasteiger partial charge in [-0.15, -0.1) is 0 Å². The van der Waals surface area contributed by atoms with Gasteiger partial charge in [0.15, 0.2) is 11.5 Å². The Hall–Kier alpha value is -3.13. The van der Waals surface area contributed by atoms with Crippen LogP contribution in [0.2, 0.25) is 0 Å². The van der Waals surface area contributed by atoms with E-state index in [1.165, 1.54) is 0 Å². The van der Waals surface area contributed by atoms with Gasteiger partial charge in [0.2, 0.25) is 5.75 Å². The van der Waals surface area contributed by atoms with Gasteiger partial charge in [0.05, 0.1) is 40.7 Å². The van der Waals surface area contributed by atoms with Crippen LogP contribution in [-0.4, -0.2) is 46.1 Å². The molecule has 0 saturated heterocycles. The van der Waals surface area contributed by atoms with Crippen LogP contribution in [-0.2, 0) is 17.6 Å². The van der Waals surface area contributed by atoms with Gasteiger partial charge in [-0.1, -0.05) is 6.07 Å². The summed E-state index contributed by atoms with van der Waals surface area (Å²) < 4.78 is 21.5. The minimum absolute atomic E-state index is 0.0663. The molecule has 28 heavy (non-hydrogen) atoms. The topological polar surface area (TPSA) is 98.3 Å². The summed E-state index contributed by atoms with van der Waals surface area (Å²) >= 11 is 0. The third-order valence-electron chi connectivity index (χ3n) is 4.25. The Morgan fingerprint density at radius 1 is 0.857 bits per heavy atom. The number of carbonyl (C=O) groups excluding carboxylic acids is 1. The minimum Gasteiger partial charge on any atom is -0.495 e. The van der Waals surface area contributed by atoms with E-state index in [1.54, 1.807) is 33.9 Å². The number of benzene rings is 2. The van der Waals surface area contributed by atoms with E-state index in [1.807, 2.05) is 30.3 Å². The predicted octanol–water partition coefficient (Wildman–Crippen LogP) is 2.42. The lowest BCUT2D eigenvalue weighted by Crippen LogP contribution is -2.26. The summed E-state index contributed by atoms with van der Waals surface area (Å²) in [6, 6.07) is 9.57. The number of hydroxylamine groups is 1. The fourth-order valence-electron chi connectivity index (χ4n) is 2.83. The maximum atomic E-state index is 11.3. The van der Waals surface area contributed by atoms with Crippen LogP contribution in [0.25, 0.3) is 0 Å². The maximum Gasteiger partial charge on any atom is 0.262 e. The van der Waals surface area contributed by atoms with Crippen molar-refractivity contribution < 1.29 is 28.9 Å². The number of ether oxygens (including phenoxy) is 4. The van der Waals surface area contributed by atoms with Crippen molar-refractivity contribution in [2.24, 2.45) is 0 Å². The number of amides is 1. The third-order valence-corrected chi connectivity index (χ3v) is 4.25. The lowest BCUT2D eigenvalue weighted by molar-refractivity contribution is -0.127. The zero-order valence-corrected chi connectivity index (χ0v) is 16.5. The molecule has 3 N–H and O–H groups in total. The first-order valence-corrected chi connectivity index (χ1v) is 8.68. The summed E-state index contributed by atoms with van der Waals surface area (Å²) in [5.74, 6) is 1.87. The zero-order chi connectivity index (χ0) is 20.5. The highest BCUT2D eigenvalue weighted by molar-refractivity contribution is 5.80. The van der Waals surface area contributed by atoms with Crippen LogP contribution in [0.1, 0.15) is 11.1 Å². The average molecular weight is 390 g/mol. The van der Waals surface area contributed by atoms with Gasteiger partial charge in [-0.2, -0.15) is 0 Å². The van der Waals surface area contributed by atoms with Gasteiger partial charge in [-0.25, -0.2) is 5.48 Å². The fraction of sp³-hybridized carbons (Fsp3) is 0.350. The van der Waals surface area contributed by atoms with Gasteiger partial charge in [0.1, 0.15) is 5.75 Å². The molecule has 152 valence electrons. The lowest BCUT2D eigenvalue weighted by atomic mass is 10.0. The number of anilines is 1. The molecule has 8 heteroatoms. The van der Waals surface area contributed by atoms with Gasteiger partial charge in [-0.3, -0.25) is 10.0 Å². The Balaban J connectivity index is 2.16. The van der Waals surface area contributed by atoms with Crippen molar-refractivity contribution in [2.75, 3.05) is 40.3 Å². The molecule has 0 saturated carbocycles. The second-order valence-electron chi connectivity index (χ2n) is 5.96. The van der Waals surface area contributed by atoms with Crippen LogP contribution in [0.3, 0.4) is 0 Å². The number of aryl methyl sites for hydroxylation is 2. The van der Waals surface area contributed by atoms with Crippen molar-refractivity contribution in [3.05, 3.63) is 41.5 Å². The first-order chi connectivity index (χ1) is 13.6. The second-order valence-corrected chi connectivity index (χ2v) is 5.96. The van der Waals surface area contributed by atoms with Crippen molar-refractivity contribution >= 4 is 11.6 Å². The first-order valence-electron chi connectivity index (χ1n) is 8.68. The highest BCUT2D eigenvalue weighted by atomic mass is 16.5. The molecule has 0 aromatic heterocycles. The molecule has 0 spiro atoms. The Labute approximate surface area is 164 Å². The number of rotatable bonds is 10. The zero-order valence-electron chi connectivity index (χ0n) is 16.5. The second kappa shape index (κ2) is 10.3. The number of hydrogen-bond donors (Lipinski definition) is 3. The molecule has 8 nitrogen and oxygen atoms in total. The Bertz CT molecular complexity index is 784. The van der Waals surface area contributed by atoms with E-state index in [9.17, 15) is 4.79 Å². The predicted molar refractivity (Wildman–Crippen MR) is 105 cm³/mol. The van der Waals surface area contributed by atoms with Gasteiger partial charge in [0, 0.05) is 0 Å². The third kappa shape index (κ3) is 5.20. The van der Waals surface area contributed by atoms with Crippen molar-refractivity contribution in [1.82, 2.24) is 5.48 Å². The molecule has 2 aromatic carbocycles. The van der Waals surface area contributed by atoms with E-state index >= 15 is 0 Å². The number of hydrogen-bond acceptors (Lipinski definition) is 7. The molecule has 0 atom stereocenters. The molecule has 0 bridgehead atoms. The van der Waals surface area contributed by atoms with Crippen LogP contribution >= 0.6 is 0 Å². The molecular weight excluding hydrogens is 364 g/mol. The van der Waals surface area contributed by atoms with Gasteiger partial charge in [0.25, 0.3) is 5.91 Å². The van der Waals surface area contributed by atoms with E-state index in [2.05, 4.69) is 5.32 Å². The van der Waals surface area contributed by atoms with E-state index in [0.717, 1.165) is 24.0 Å². The normalized spacial score (nSPS) is 10.2. The smallest absolute Gasteiger partial charge is 0.262 e. The van der Waals surface area contributed by atoms with E-state index in [4.69, 9.17) is 24.2 Å². The van der Waals surface area contributed by atoms with Crippen LogP contribution in [0.4, 0.5) is 5.69 Å². The van der Waals surface area contributed by atoms with Crippen LogP contribution in [0.15, 0.2) is 30.3 Å². The van der Waals surface area contributed by atoms with E-state index in [0.29, 0.717) is 28.7 Å². The quantitative estimate of drug-likeness (QED) is 0.423. The molecule has 0 unspecified atom stereocenters. The van der Waals surface area contributed by atoms with Crippen molar-refractivity contribution in [1.29, 1.82) is 0 Å².